The number of rotatable bonds is 7. The molecule has 130 valence electrons. The first-order valence-electron chi connectivity index (χ1n) is 8.09. The lowest BCUT2D eigenvalue weighted by Gasteiger charge is -2.19. The second-order valence-electron chi connectivity index (χ2n) is 5.71. The van der Waals surface area contributed by atoms with Crippen molar-refractivity contribution in [2.75, 3.05) is 31.5 Å². The highest BCUT2D eigenvalue weighted by Crippen LogP contribution is 2.15. The van der Waals surface area contributed by atoms with Crippen LogP contribution in [0.2, 0.25) is 0 Å². The van der Waals surface area contributed by atoms with E-state index in [9.17, 15) is 19.7 Å². The summed E-state index contributed by atoms with van der Waals surface area (Å²) in [5.41, 5.74) is 0.786. The fourth-order valence-corrected chi connectivity index (χ4v) is 2.54. The molecule has 0 aliphatic carbocycles. The molecule has 0 radical (unpaired) electrons. The van der Waals surface area contributed by atoms with E-state index in [2.05, 4.69) is 10.6 Å². The second kappa shape index (κ2) is 8.85. The molecule has 0 aromatic heterocycles. The summed E-state index contributed by atoms with van der Waals surface area (Å²) in [6, 6.07) is 6.09. The maximum absolute atomic E-state index is 11.9. The molecule has 2 N–H and O–H groups in total. The maximum atomic E-state index is 11.9. The number of anilines is 1. The number of carbonyl (C=O) groups is 2. The molecule has 0 saturated carbocycles. The molecular weight excluding hydrogens is 312 g/mol. The number of hydrogen-bond acceptors (Lipinski definition) is 5. The van der Waals surface area contributed by atoms with Gasteiger partial charge in [0.15, 0.2) is 0 Å². The SMILES string of the molecule is O=C(CN1CCCCCC1=O)NCCNc1ccc([N+](=O)[O-])cc1. The van der Waals surface area contributed by atoms with E-state index in [1.165, 1.54) is 12.1 Å². The first kappa shape index (κ1) is 17.7. The number of nitrogens with zero attached hydrogens (tertiary/aromatic N) is 2. The highest BCUT2D eigenvalue weighted by molar-refractivity contribution is 5.84. The highest BCUT2D eigenvalue weighted by atomic mass is 16.6. The summed E-state index contributed by atoms with van der Waals surface area (Å²) in [6.07, 6.45) is 3.40. The molecule has 0 unspecified atom stereocenters. The summed E-state index contributed by atoms with van der Waals surface area (Å²) in [6.45, 7) is 1.67. The average molecular weight is 334 g/mol. The molecule has 1 aliphatic heterocycles. The van der Waals surface area contributed by atoms with E-state index in [0.717, 1.165) is 24.9 Å². The molecule has 0 bridgehead atoms. The van der Waals surface area contributed by atoms with Crippen molar-refractivity contribution in [3.8, 4) is 0 Å². The standard InChI is InChI=1S/C16H22N4O4/c21-15(12-19-11-3-1-2-4-16(19)22)18-10-9-17-13-5-7-14(8-6-13)20(23)24/h5-8,17H,1-4,9-12H2,(H,18,21). The summed E-state index contributed by atoms with van der Waals surface area (Å²) >= 11 is 0. The number of benzene rings is 1. The third-order valence-corrected chi connectivity index (χ3v) is 3.86. The zero-order valence-corrected chi connectivity index (χ0v) is 13.5. The van der Waals surface area contributed by atoms with Crippen molar-refractivity contribution in [3.63, 3.8) is 0 Å². The predicted octanol–water partition coefficient (Wildman–Crippen LogP) is 1.53. The third-order valence-electron chi connectivity index (χ3n) is 3.86. The summed E-state index contributed by atoms with van der Waals surface area (Å²) in [7, 11) is 0. The largest absolute Gasteiger partial charge is 0.383 e. The van der Waals surface area contributed by atoms with Crippen LogP contribution >= 0.6 is 0 Å². The Balaban J connectivity index is 1.67. The number of nitro benzene ring substituents is 1. The summed E-state index contributed by atoms with van der Waals surface area (Å²) in [4.78, 5) is 35.5. The number of non-ortho nitro benzene ring substituents is 1. The van der Waals surface area contributed by atoms with Gasteiger partial charge in [0.25, 0.3) is 5.69 Å². The minimum absolute atomic E-state index is 0.0379. The summed E-state index contributed by atoms with van der Waals surface area (Å²) < 4.78 is 0. The molecular formula is C16H22N4O4. The number of nitrogens with one attached hydrogen (secondary N) is 2. The average Bonchev–Trinajstić information content (AvgIpc) is 2.77. The van der Waals surface area contributed by atoms with E-state index in [-0.39, 0.29) is 24.0 Å². The Bertz CT molecular complexity index is 588. The van der Waals surface area contributed by atoms with Crippen LogP contribution in [0, 0.1) is 10.1 Å². The van der Waals surface area contributed by atoms with Crippen LogP contribution in [0.15, 0.2) is 24.3 Å². The number of nitro groups is 1. The van der Waals surface area contributed by atoms with Crippen LogP contribution in [-0.2, 0) is 9.59 Å². The minimum atomic E-state index is -0.450. The maximum Gasteiger partial charge on any atom is 0.269 e. The molecule has 1 aromatic rings. The van der Waals surface area contributed by atoms with E-state index in [4.69, 9.17) is 0 Å². The quantitative estimate of drug-likeness (QED) is 0.447. The first-order valence-corrected chi connectivity index (χ1v) is 8.09. The number of amides is 2. The van der Waals surface area contributed by atoms with Crippen molar-refractivity contribution in [1.82, 2.24) is 10.2 Å². The molecule has 0 spiro atoms. The van der Waals surface area contributed by atoms with Crippen LogP contribution in [0.4, 0.5) is 11.4 Å². The second-order valence-corrected chi connectivity index (χ2v) is 5.71. The Morgan fingerprint density at radius 3 is 2.62 bits per heavy atom. The van der Waals surface area contributed by atoms with Crippen molar-refractivity contribution in [3.05, 3.63) is 34.4 Å². The van der Waals surface area contributed by atoms with Gasteiger partial charge in [-0.1, -0.05) is 6.42 Å². The van der Waals surface area contributed by atoms with E-state index < -0.39 is 4.92 Å². The minimum Gasteiger partial charge on any atom is -0.383 e. The molecule has 2 amide bonds. The topological polar surface area (TPSA) is 105 Å². The molecule has 8 heteroatoms. The fraction of sp³-hybridized carbons (Fsp3) is 0.500. The Kier molecular flexibility index (Phi) is 6.53. The van der Waals surface area contributed by atoms with Crippen LogP contribution in [-0.4, -0.2) is 47.8 Å². The molecule has 1 heterocycles. The van der Waals surface area contributed by atoms with Gasteiger partial charge in [-0.2, -0.15) is 0 Å². The normalized spacial score (nSPS) is 14.8. The van der Waals surface area contributed by atoms with Crippen LogP contribution in [0.3, 0.4) is 0 Å². The predicted molar refractivity (Wildman–Crippen MR) is 89.6 cm³/mol. The molecule has 2 rings (SSSR count). The van der Waals surface area contributed by atoms with E-state index in [1.54, 1.807) is 17.0 Å². The monoisotopic (exact) mass is 334 g/mol. The van der Waals surface area contributed by atoms with Gasteiger partial charge in [-0.25, -0.2) is 0 Å². The Hall–Kier alpha value is -2.64. The Labute approximate surface area is 140 Å². The molecule has 0 atom stereocenters. The van der Waals surface area contributed by atoms with Gasteiger partial charge in [0, 0.05) is 43.9 Å². The van der Waals surface area contributed by atoms with Gasteiger partial charge in [0.2, 0.25) is 11.8 Å². The van der Waals surface area contributed by atoms with Crippen LogP contribution < -0.4 is 10.6 Å². The number of likely N-dealkylation sites (tertiary alicyclic amines) is 1. The van der Waals surface area contributed by atoms with Crippen LogP contribution in [0.25, 0.3) is 0 Å². The van der Waals surface area contributed by atoms with Crippen LogP contribution in [0.5, 0.6) is 0 Å². The van der Waals surface area contributed by atoms with Gasteiger partial charge in [-0.05, 0) is 25.0 Å². The first-order chi connectivity index (χ1) is 11.6. The lowest BCUT2D eigenvalue weighted by Crippen LogP contribution is -2.41. The molecule has 1 aromatic carbocycles. The zero-order valence-electron chi connectivity index (χ0n) is 13.5. The van der Waals surface area contributed by atoms with E-state index >= 15 is 0 Å². The van der Waals surface area contributed by atoms with Gasteiger partial charge in [0.1, 0.15) is 0 Å². The van der Waals surface area contributed by atoms with Gasteiger partial charge in [-0.15, -0.1) is 0 Å². The van der Waals surface area contributed by atoms with Crippen molar-refractivity contribution >= 4 is 23.2 Å². The lowest BCUT2D eigenvalue weighted by atomic mass is 10.2. The molecule has 1 saturated heterocycles. The van der Waals surface area contributed by atoms with Crippen LogP contribution in [0.1, 0.15) is 25.7 Å². The summed E-state index contributed by atoms with van der Waals surface area (Å²) in [5.74, 6) is -0.123. The molecule has 1 aliphatic rings. The number of carbonyl (C=O) groups excluding carboxylic acids is 2. The zero-order chi connectivity index (χ0) is 17.4. The Morgan fingerprint density at radius 2 is 1.92 bits per heavy atom. The lowest BCUT2D eigenvalue weighted by molar-refractivity contribution is -0.384. The highest BCUT2D eigenvalue weighted by Gasteiger charge is 2.18. The smallest absolute Gasteiger partial charge is 0.269 e. The Morgan fingerprint density at radius 1 is 1.17 bits per heavy atom. The molecule has 24 heavy (non-hydrogen) atoms. The van der Waals surface area contributed by atoms with Gasteiger partial charge >= 0.3 is 0 Å². The van der Waals surface area contributed by atoms with E-state index in [0.29, 0.717) is 26.1 Å². The third kappa shape index (κ3) is 5.53. The van der Waals surface area contributed by atoms with Crippen molar-refractivity contribution in [2.45, 2.75) is 25.7 Å². The molecule has 8 nitrogen and oxygen atoms in total. The van der Waals surface area contributed by atoms with Gasteiger partial charge in [-0.3, -0.25) is 19.7 Å². The summed E-state index contributed by atoms with van der Waals surface area (Å²) in [5, 5.41) is 16.4. The van der Waals surface area contributed by atoms with Crippen molar-refractivity contribution in [2.24, 2.45) is 0 Å². The van der Waals surface area contributed by atoms with E-state index in [1.807, 2.05) is 0 Å². The van der Waals surface area contributed by atoms with Gasteiger partial charge in [0.05, 0.1) is 11.5 Å². The molecule has 1 fully saturated rings. The van der Waals surface area contributed by atoms with Gasteiger partial charge < -0.3 is 15.5 Å². The van der Waals surface area contributed by atoms with Crippen molar-refractivity contribution in [1.29, 1.82) is 0 Å². The number of hydrogen-bond donors (Lipinski definition) is 2. The van der Waals surface area contributed by atoms with Crippen molar-refractivity contribution < 1.29 is 14.5 Å². The fourth-order valence-electron chi connectivity index (χ4n) is 2.54.